The minimum atomic E-state index is 0.510. The lowest BCUT2D eigenvalue weighted by atomic mass is 10.1. The average molecular weight is 386 g/mol. The normalized spacial score (nSPS) is 10.5. The molecule has 0 unspecified atom stereocenters. The highest BCUT2D eigenvalue weighted by Crippen LogP contribution is 2.35. The molecule has 1 aromatic carbocycles. The third-order valence-electron chi connectivity index (χ3n) is 2.62. The molecule has 3 nitrogen and oxygen atoms in total. The van der Waals surface area contributed by atoms with Gasteiger partial charge in [-0.2, -0.15) is 0 Å². The molecule has 0 bridgehead atoms. The molecule has 0 aliphatic carbocycles. The highest BCUT2D eigenvalue weighted by Gasteiger charge is 2.09. The van der Waals surface area contributed by atoms with Gasteiger partial charge in [-0.3, -0.25) is 4.98 Å². The van der Waals surface area contributed by atoms with Crippen LogP contribution in [-0.4, -0.2) is 11.5 Å². The summed E-state index contributed by atoms with van der Waals surface area (Å²) < 4.78 is 7.69. The molecule has 0 spiro atoms. The number of benzene rings is 1. The first-order valence-corrected chi connectivity index (χ1v) is 7.49. The second-order valence-electron chi connectivity index (χ2n) is 4.07. The van der Waals surface area contributed by atoms with Crippen LogP contribution in [-0.2, 0) is 13.0 Å². The van der Waals surface area contributed by atoms with E-state index in [1.807, 2.05) is 24.3 Å². The Kier molecular flexibility index (Phi) is 5.36. The third kappa shape index (κ3) is 4.03. The fourth-order valence-electron chi connectivity index (χ4n) is 1.70. The predicted octanol–water partition coefficient (Wildman–Crippen LogP) is 3.69. The van der Waals surface area contributed by atoms with Crippen molar-refractivity contribution < 1.29 is 4.74 Å². The third-order valence-corrected chi connectivity index (χ3v) is 3.80. The standard InChI is InChI=1S/C14H14Br2N2O/c15-12-7-11(1-4-17)8-13(16)14(12)19-9-10-2-5-18-6-3-10/h2-3,5-8H,1,4,9,17H2. The number of hydrogen-bond donors (Lipinski definition) is 1. The van der Waals surface area contributed by atoms with E-state index in [-0.39, 0.29) is 0 Å². The summed E-state index contributed by atoms with van der Waals surface area (Å²) in [4.78, 5) is 3.98. The van der Waals surface area contributed by atoms with Gasteiger partial charge in [-0.25, -0.2) is 0 Å². The number of rotatable bonds is 5. The Hall–Kier alpha value is -0.910. The van der Waals surface area contributed by atoms with Crippen molar-refractivity contribution in [2.45, 2.75) is 13.0 Å². The molecule has 2 N–H and O–H groups in total. The van der Waals surface area contributed by atoms with E-state index in [2.05, 4.69) is 36.8 Å². The number of nitrogens with zero attached hydrogens (tertiary/aromatic N) is 1. The van der Waals surface area contributed by atoms with Crippen LogP contribution >= 0.6 is 31.9 Å². The maximum atomic E-state index is 5.83. The van der Waals surface area contributed by atoms with Crippen LogP contribution in [0.4, 0.5) is 0 Å². The van der Waals surface area contributed by atoms with Crippen molar-refractivity contribution in [2.75, 3.05) is 6.54 Å². The first-order valence-electron chi connectivity index (χ1n) is 5.90. The highest BCUT2D eigenvalue weighted by atomic mass is 79.9. The summed E-state index contributed by atoms with van der Waals surface area (Å²) in [5, 5.41) is 0. The zero-order valence-corrected chi connectivity index (χ0v) is 13.4. The van der Waals surface area contributed by atoms with Crippen molar-refractivity contribution in [3.63, 3.8) is 0 Å². The molecule has 0 radical (unpaired) electrons. The molecule has 2 rings (SSSR count). The molecule has 0 atom stereocenters. The summed E-state index contributed by atoms with van der Waals surface area (Å²) in [6, 6.07) is 7.95. The van der Waals surface area contributed by atoms with Crippen molar-refractivity contribution in [1.29, 1.82) is 0 Å². The van der Waals surface area contributed by atoms with Gasteiger partial charge in [0.25, 0.3) is 0 Å². The van der Waals surface area contributed by atoms with Crippen LogP contribution in [0, 0.1) is 0 Å². The molecular formula is C14H14Br2N2O. The second kappa shape index (κ2) is 7.03. The monoisotopic (exact) mass is 384 g/mol. The van der Waals surface area contributed by atoms with Gasteiger partial charge in [-0.05, 0) is 80.2 Å². The van der Waals surface area contributed by atoms with E-state index in [0.717, 1.165) is 26.7 Å². The lowest BCUT2D eigenvalue weighted by Crippen LogP contribution is -2.03. The van der Waals surface area contributed by atoms with Crippen LogP contribution in [0.15, 0.2) is 45.6 Å². The fraction of sp³-hybridized carbons (Fsp3) is 0.214. The van der Waals surface area contributed by atoms with Crippen molar-refractivity contribution in [2.24, 2.45) is 5.73 Å². The van der Waals surface area contributed by atoms with E-state index in [0.29, 0.717) is 13.2 Å². The topological polar surface area (TPSA) is 48.1 Å². The SMILES string of the molecule is NCCc1cc(Br)c(OCc2ccncc2)c(Br)c1. The van der Waals surface area contributed by atoms with E-state index in [1.165, 1.54) is 5.56 Å². The Morgan fingerprint density at radius 2 is 1.68 bits per heavy atom. The van der Waals surface area contributed by atoms with Crippen LogP contribution in [0.3, 0.4) is 0 Å². The van der Waals surface area contributed by atoms with E-state index < -0.39 is 0 Å². The lowest BCUT2D eigenvalue weighted by Gasteiger charge is -2.12. The zero-order chi connectivity index (χ0) is 13.7. The molecule has 0 amide bonds. The van der Waals surface area contributed by atoms with E-state index >= 15 is 0 Å². The summed E-state index contributed by atoms with van der Waals surface area (Å²) in [6.07, 6.45) is 4.36. The molecule has 0 aliphatic heterocycles. The molecule has 0 saturated carbocycles. The molecular weight excluding hydrogens is 372 g/mol. The van der Waals surface area contributed by atoms with Crippen LogP contribution < -0.4 is 10.5 Å². The maximum absolute atomic E-state index is 5.83. The van der Waals surface area contributed by atoms with Gasteiger partial charge in [0, 0.05) is 12.4 Å². The highest BCUT2D eigenvalue weighted by molar-refractivity contribution is 9.11. The summed E-state index contributed by atoms with van der Waals surface area (Å²) in [7, 11) is 0. The Morgan fingerprint density at radius 1 is 1.05 bits per heavy atom. The second-order valence-corrected chi connectivity index (χ2v) is 5.78. The molecule has 1 aromatic heterocycles. The Balaban J connectivity index is 2.12. The Bertz CT molecular complexity index is 523. The van der Waals surface area contributed by atoms with Gasteiger partial charge in [0.1, 0.15) is 12.4 Å². The number of hydrogen-bond acceptors (Lipinski definition) is 3. The predicted molar refractivity (Wildman–Crippen MR) is 83.2 cm³/mol. The zero-order valence-electron chi connectivity index (χ0n) is 10.3. The van der Waals surface area contributed by atoms with Crippen molar-refractivity contribution in [1.82, 2.24) is 4.98 Å². The van der Waals surface area contributed by atoms with E-state index in [1.54, 1.807) is 12.4 Å². The van der Waals surface area contributed by atoms with Gasteiger partial charge in [-0.1, -0.05) is 0 Å². The van der Waals surface area contributed by atoms with Crippen LogP contribution in [0.25, 0.3) is 0 Å². The van der Waals surface area contributed by atoms with Crippen molar-refractivity contribution in [3.05, 3.63) is 56.7 Å². The van der Waals surface area contributed by atoms with Gasteiger partial charge in [0.2, 0.25) is 0 Å². The number of aromatic nitrogens is 1. The minimum absolute atomic E-state index is 0.510. The summed E-state index contributed by atoms with van der Waals surface area (Å²) in [6.45, 7) is 1.14. The van der Waals surface area contributed by atoms with E-state index in [4.69, 9.17) is 10.5 Å². The molecule has 19 heavy (non-hydrogen) atoms. The van der Waals surface area contributed by atoms with Crippen molar-refractivity contribution >= 4 is 31.9 Å². The van der Waals surface area contributed by atoms with Gasteiger partial charge in [0.15, 0.2) is 0 Å². The van der Waals surface area contributed by atoms with Crippen LogP contribution in [0.2, 0.25) is 0 Å². The molecule has 0 saturated heterocycles. The summed E-state index contributed by atoms with van der Waals surface area (Å²) >= 11 is 7.07. The maximum Gasteiger partial charge on any atom is 0.148 e. The first kappa shape index (κ1) is 14.5. The van der Waals surface area contributed by atoms with Gasteiger partial charge in [-0.15, -0.1) is 0 Å². The summed E-state index contributed by atoms with van der Waals surface area (Å²) in [5.41, 5.74) is 7.83. The number of nitrogens with two attached hydrogens (primary N) is 1. The Labute approximate surface area is 129 Å². The van der Waals surface area contributed by atoms with Crippen LogP contribution in [0.5, 0.6) is 5.75 Å². The Morgan fingerprint density at radius 3 is 2.26 bits per heavy atom. The number of ether oxygens (including phenoxy) is 1. The largest absolute Gasteiger partial charge is 0.487 e. The first-order chi connectivity index (χ1) is 9.20. The number of pyridine rings is 1. The number of halogens is 2. The lowest BCUT2D eigenvalue weighted by molar-refractivity contribution is 0.302. The summed E-state index contributed by atoms with van der Waals surface area (Å²) in [5.74, 6) is 0.803. The molecule has 1 heterocycles. The van der Waals surface area contributed by atoms with Crippen LogP contribution in [0.1, 0.15) is 11.1 Å². The fourth-order valence-corrected chi connectivity index (χ4v) is 3.21. The molecule has 100 valence electrons. The molecule has 0 aliphatic rings. The van der Waals surface area contributed by atoms with Gasteiger partial charge < -0.3 is 10.5 Å². The molecule has 0 fully saturated rings. The molecule has 5 heteroatoms. The smallest absolute Gasteiger partial charge is 0.148 e. The minimum Gasteiger partial charge on any atom is -0.487 e. The van der Waals surface area contributed by atoms with Crippen molar-refractivity contribution in [3.8, 4) is 5.75 Å². The average Bonchev–Trinajstić information content (AvgIpc) is 2.39. The molecule has 2 aromatic rings. The van der Waals surface area contributed by atoms with Gasteiger partial charge in [0.05, 0.1) is 8.95 Å². The quantitative estimate of drug-likeness (QED) is 0.853. The van der Waals surface area contributed by atoms with Gasteiger partial charge >= 0.3 is 0 Å². The van der Waals surface area contributed by atoms with E-state index in [9.17, 15) is 0 Å².